The first-order chi connectivity index (χ1) is 10.0. The molecule has 21 heavy (non-hydrogen) atoms. The average molecular weight is 294 g/mol. The molecule has 0 radical (unpaired) electrons. The normalized spacial score (nSPS) is 12.0. The average Bonchev–Trinajstić information content (AvgIpc) is 2.46. The van der Waals surface area contributed by atoms with E-state index in [-0.39, 0.29) is 12.2 Å². The third-order valence-corrected chi connectivity index (χ3v) is 3.10. The van der Waals surface area contributed by atoms with Crippen LogP contribution in [0.2, 0.25) is 0 Å². The lowest BCUT2D eigenvalue weighted by molar-refractivity contribution is 0.189. The summed E-state index contributed by atoms with van der Waals surface area (Å²) in [6.07, 6.45) is -0.767. The van der Waals surface area contributed by atoms with Crippen molar-refractivity contribution in [2.45, 2.75) is 19.6 Å². The van der Waals surface area contributed by atoms with Crippen LogP contribution in [0.15, 0.2) is 36.4 Å². The molecule has 0 aliphatic carbocycles. The molecule has 2 aromatic carbocycles. The predicted molar refractivity (Wildman–Crippen MR) is 74.3 cm³/mol. The Morgan fingerprint density at radius 2 is 1.81 bits per heavy atom. The summed E-state index contributed by atoms with van der Waals surface area (Å²) < 4.78 is 37.7. The van der Waals surface area contributed by atoms with Crippen LogP contribution < -0.4 is 9.47 Å². The summed E-state index contributed by atoms with van der Waals surface area (Å²) in [6.45, 7) is 1.31. The molecule has 3 nitrogen and oxygen atoms in total. The topological polar surface area (TPSA) is 38.7 Å². The molecular formula is C16H16F2O3. The van der Waals surface area contributed by atoms with E-state index in [0.717, 1.165) is 0 Å². The van der Waals surface area contributed by atoms with Gasteiger partial charge in [0, 0.05) is 11.6 Å². The van der Waals surface area contributed by atoms with Gasteiger partial charge < -0.3 is 14.6 Å². The van der Waals surface area contributed by atoms with Crippen LogP contribution in [0, 0.1) is 11.6 Å². The van der Waals surface area contributed by atoms with Gasteiger partial charge in [-0.3, -0.25) is 0 Å². The SMILES string of the molecule is COc1ccc([C@H](C)O)c(OCc2c(F)cccc2F)c1. The Hall–Kier alpha value is -2.14. The molecule has 2 aromatic rings. The fourth-order valence-corrected chi connectivity index (χ4v) is 1.93. The van der Waals surface area contributed by atoms with Gasteiger partial charge in [-0.25, -0.2) is 8.78 Å². The van der Waals surface area contributed by atoms with E-state index < -0.39 is 17.7 Å². The van der Waals surface area contributed by atoms with Crippen molar-refractivity contribution in [3.8, 4) is 11.5 Å². The zero-order chi connectivity index (χ0) is 15.4. The summed E-state index contributed by atoms with van der Waals surface area (Å²) in [5, 5.41) is 9.71. The van der Waals surface area contributed by atoms with Gasteiger partial charge in [-0.05, 0) is 31.2 Å². The molecule has 5 heteroatoms. The van der Waals surface area contributed by atoms with Crippen LogP contribution in [0.3, 0.4) is 0 Å². The van der Waals surface area contributed by atoms with Crippen LogP contribution in [-0.4, -0.2) is 12.2 Å². The Morgan fingerprint density at radius 3 is 2.38 bits per heavy atom. The molecule has 1 atom stereocenters. The summed E-state index contributed by atoms with van der Waals surface area (Å²) in [4.78, 5) is 0. The Labute approximate surface area is 121 Å². The number of halogens is 2. The second-order valence-corrected chi connectivity index (χ2v) is 4.57. The number of aliphatic hydroxyl groups excluding tert-OH is 1. The highest BCUT2D eigenvalue weighted by atomic mass is 19.1. The number of hydrogen-bond acceptors (Lipinski definition) is 3. The molecule has 0 bridgehead atoms. The Bertz CT molecular complexity index is 607. The smallest absolute Gasteiger partial charge is 0.132 e. The highest BCUT2D eigenvalue weighted by molar-refractivity contribution is 5.42. The minimum atomic E-state index is -0.767. The fourth-order valence-electron chi connectivity index (χ4n) is 1.93. The van der Waals surface area contributed by atoms with Gasteiger partial charge in [0.1, 0.15) is 29.7 Å². The maximum Gasteiger partial charge on any atom is 0.132 e. The van der Waals surface area contributed by atoms with Crippen molar-refractivity contribution in [2.75, 3.05) is 7.11 Å². The van der Waals surface area contributed by atoms with Gasteiger partial charge in [-0.15, -0.1) is 0 Å². The van der Waals surface area contributed by atoms with Crippen LogP contribution >= 0.6 is 0 Å². The van der Waals surface area contributed by atoms with E-state index in [4.69, 9.17) is 9.47 Å². The Morgan fingerprint density at radius 1 is 1.14 bits per heavy atom. The fraction of sp³-hybridized carbons (Fsp3) is 0.250. The monoisotopic (exact) mass is 294 g/mol. The highest BCUT2D eigenvalue weighted by Gasteiger charge is 2.14. The van der Waals surface area contributed by atoms with Crippen molar-refractivity contribution in [1.29, 1.82) is 0 Å². The minimum Gasteiger partial charge on any atom is -0.497 e. The van der Waals surface area contributed by atoms with Crippen LogP contribution in [0.1, 0.15) is 24.2 Å². The largest absolute Gasteiger partial charge is 0.497 e. The number of benzene rings is 2. The zero-order valence-electron chi connectivity index (χ0n) is 11.8. The molecule has 0 aromatic heterocycles. The van der Waals surface area contributed by atoms with E-state index in [0.29, 0.717) is 17.1 Å². The van der Waals surface area contributed by atoms with Crippen molar-refractivity contribution < 1.29 is 23.4 Å². The van der Waals surface area contributed by atoms with Gasteiger partial charge in [0.05, 0.1) is 18.8 Å². The molecule has 0 aliphatic rings. The minimum absolute atomic E-state index is 0.156. The number of aliphatic hydroxyl groups is 1. The van der Waals surface area contributed by atoms with Crippen molar-refractivity contribution >= 4 is 0 Å². The van der Waals surface area contributed by atoms with Crippen LogP contribution in [0.4, 0.5) is 8.78 Å². The van der Waals surface area contributed by atoms with E-state index in [9.17, 15) is 13.9 Å². The molecule has 0 amide bonds. The van der Waals surface area contributed by atoms with Crippen molar-refractivity contribution in [3.63, 3.8) is 0 Å². The van der Waals surface area contributed by atoms with Crippen LogP contribution in [-0.2, 0) is 6.61 Å². The van der Waals surface area contributed by atoms with Crippen molar-refractivity contribution in [2.24, 2.45) is 0 Å². The standard InChI is InChI=1S/C16H16F2O3/c1-10(19)12-7-6-11(20-2)8-16(12)21-9-13-14(17)4-3-5-15(13)18/h3-8,10,19H,9H2,1-2H3/t10-/m0/s1. The lowest BCUT2D eigenvalue weighted by Crippen LogP contribution is -2.05. The molecule has 0 saturated carbocycles. The van der Waals surface area contributed by atoms with E-state index in [1.54, 1.807) is 25.1 Å². The number of ether oxygens (including phenoxy) is 2. The van der Waals surface area contributed by atoms with Crippen LogP contribution in [0.25, 0.3) is 0 Å². The van der Waals surface area contributed by atoms with Gasteiger partial charge >= 0.3 is 0 Å². The van der Waals surface area contributed by atoms with Crippen molar-refractivity contribution in [3.05, 3.63) is 59.2 Å². The summed E-state index contributed by atoms with van der Waals surface area (Å²) in [5.41, 5.74) is 0.365. The third-order valence-electron chi connectivity index (χ3n) is 3.10. The Kier molecular flexibility index (Phi) is 4.75. The summed E-state index contributed by atoms with van der Waals surface area (Å²) in [5.74, 6) is -0.483. The lowest BCUT2D eigenvalue weighted by atomic mass is 10.1. The summed E-state index contributed by atoms with van der Waals surface area (Å²) >= 11 is 0. The zero-order valence-corrected chi connectivity index (χ0v) is 11.8. The predicted octanol–water partition coefficient (Wildman–Crippen LogP) is 3.61. The number of hydrogen-bond donors (Lipinski definition) is 1. The first kappa shape index (κ1) is 15.3. The van der Waals surface area contributed by atoms with Gasteiger partial charge in [0.25, 0.3) is 0 Å². The molecule has 0 unspecified atom stereocenters. The second-order valence-electron chi connectivity index (χ2n) is 4.57. The second kappa shape index (κ2) is 6.54. The number of methoxy groups -OCH3 is 1. The van der Waals surface area contributed by atoms with Gasteiger partial charge in [0.2, 0.25) is 0 Å². The van der Waals surface area contributed by atoms with E-state index in [1.807, 2.05) is 0 Å². The quantitative estimate of drug-likeness (QED) is 0.915. The lowest BCUT2D eigenvalue weighted by Gasteiger charge is -2.15. The van der Waals surface area contributed by atoms with E-state index in [1.165, 1.54) is 25.3 Å². The maximum absolute atomic E-state index is 13.6. The van der Waals surface area contributed by atoms with Crippen LogP contribution in [0.5, 0.6) is 11.5 Å². The molecule has 0 aliphatic heterocycles. The molecule has 0 fully saturated rings. The van der Waals surface area contributed by atoms with Gasteiger partial charge in [-0.2, -0.15) is 0 Å². The maximum atomic E-state index is 13.6. The summed E-state index contributed by atoms with van der Waals surface area (Å²) in [7, 11) is 1.50. The van der Waals surface area contributed by atoms with Gasteiger partial charge in [-0.1, -0.05) is 6.07 Å². The highest BCUT2D eigenvalue weighted by Crippen LogP contribution is 2.30. The molecule has 1 N–H and O–H groups in total. The van der Waals surface area contributed by atoms with E-state index >= 15 is 0 Å². The summed E-state index contributed by atoms with van der Waals surface area (Å²) in [6, 6.07) is 8.53. The molecule has 112 valence electrons. The first-order valence-electron chi connectivity index (χ1n) is 6.44. The van der Waals surface area contributed by atoms with Gasteiger partial charge in [0.15, 0.2) is 0 Å². The molecule has 0 saturated heterocycles. The first-order valence-corrected chi connectivity index (χ1v) is 6.44. The molecule has 0 spiro atoms. The molecule has 0 heterocycles. The molecular weight excluding hydrogens is 278 g/mol. The number of rotatable bonds is 5. The Balaban J connectivity index is 2.26. The third kappa shape index (κ3) is 3.49. The van der Waals surface area contributed by atoms with E-state index in [2.05, 4.69) is 0 Å². The van der Waals surface area contributed by atoms with Crippen molar-refractivity contribution in [1.82, 2.24) is 0 Å². The molecule has 2 rings (SSSR count).